The number of nitrogens with one attached hydrogen (secondary N) is 1. The Morgan fingerprint density at radius 2 is 1.83 bits per heavy atom. The Hall–Kier alpha value is -4.34. The van der Waals surface area contributed by atoms with E-state index in [0.29, 0.717) is 41.7 Å². The molecule has 1 atom stereocenters. The second-order valence-electron chi connectivity index (χ2n) is 8.26. The maximum atomic E-state index is 13.1. The van der Waals surface area contributed by atoms with E-state index in [-0.39, 0.29) is 18.5 Å². The third kappa shape index (κ3) is 4.42. The molecule has 5 rings (SSSR count). The highest BCUT2D eigenvalue weighted by atomic mass is 16.6. The summed E-state index contributed by atoms with van der Waals surface area (Å²) in [5.41, 5.74) is 2.28. The fourth-order valence-electron chi connectivity index (χ4n) is 4.02. The highest BCUT2D eigenvalue weighted by molar-refractivity contribution is 5.76. The van der Waals surface area contributed by atoms with E-state index in [0.717, 1.165) is 21.6 Å². The Bertz CT molecular complexity index is 1460. The summed E-state index contributed by atoms with van der Waals surface area (Å²) in [5, 5.41) is 11.7. The first-order chi connectivity index (χ1) is 16.9. The van der Waals surface area contributed by atoms with Crippen LogP contribution in [0, 0.1) is 6.92 Å². The number of aryl methyl sites for hydroxylation is 1. The number of rotatable bonds is 6. The van der Waals surface area contributed by atoms with Crippen LogP contribution in [0.4, 0.5) is 0 Å². The van der Waals surface area contributed by atoms with Crippen molar-refractivity contribution in [1.82, 2.24) is 24.7 Å². The van der Waals surface area contributed by atoms with Gasteiger partial charge < -0.3 is 19.5 Å². The monoisotopic (exact) mass is 475 g/mol. The van der Waals surface area contributed by atoms with E-state index in [1.54, 1.807) is 20.1 Å². The number of nitrogens with zero attached hydrogens (tertiary/aromatic N) is 4. The Morgan fingerprint density at radius 3 is 2.57 bits per heavy atom. The Kier molecular flexibility index (Phi) is 5.86. The van der Waals surface area contributed by atoms with Gasteiger partial charge in [-0.3, -0.25) is 9.59 Å². The molecule has 1 aliphatic heterocycles. The van der Waals surface area contributed by atoms with Crippen molar-refractivity contribution in [3.05, 3.63) is 70.3 Å². The highest BCUT2D eigenvalue weighted by Crippen LogP contribution is 2.32. The van der Waals surface area contributed by atoms with Gasteiger partial charge in [-0.25, -0.2) is 9.20 Å². The molecule has 0 unspecified atom stereocenters. The number of fused-ring (bicyclic) bond motifs is 2. The van der Waals surface area contributed by atoms with Crippen LogP contribution in [-0.2, 0) is 11.3 Å². The van der Waals surface area contributed by atoms with Crippen molar-refractivity contribution in [2.75, 3.05) is 20.3 Å². The third-order valence-corrected chi connectivity index (χ3v) is 5.86. The van der Waals surface area contributed by atoms with E-state index in [9.17, 15) is 9.59 Å². The van der Waals surface area contributed by atoms with Gasteiger partial charge in [-0.1, -0.05) is 6.07 Å². The minimum Gasteiger partial charge on any atom is -0.497 e. The van der Waals surface area contributed by atoms with Gasteiger partial charge >= 0.3 is 0 Å². The van der Waals surface area contributed by atoms with E-state index >= 15 is 0 Å². The van der Waals surface area contributed by atoms with Gasteiger partial charge in [-0.05, 0) is 61.9 Å². The van der Waals surface area contributed by atoms with Crippen LogP contribution in [0.25, 0.3) is 16.8 Å². The highest BCUT2D eigenvalue weighted by Gasteiger charge is 2.18. The minimum atomic E-state index is -0.398. The molecule has 0 saturated carbocycles. The molecule has 1 N–H and O–H groups in total. The number of methoxy groups -OCH3 is 1. The van der Waals surface area contributed by atoms with Crippen molar-refractivity contribution in [2.45, 2.75) is 26.4 Å². The molecule has 35 heavy (non-hydrogen) atoms. The predicted molar refractivity (Wildman–Crippen MR) is 128 cm³/mol. The second kappa shape index (κ2) is 9.13. The van der Waals surface area contributed by atoms with Gasteiger partial charge in [0.1, 0.15) is 36.8 Å². The average molecular weight is 476 g/mol. The zero-order valence-corrected chi connectivity index (χ0v) is 19.6. The summed E-state index contributed by atoms with van der Waals surface area (Å²) in [6.07, 6.45) is 0. The standard InChI is InChI=1S/C25H25N5O5/c1-15(18-6-9-22-23(12-18)35-11-10-34-22)26-24(31)14-29-25(32)21-13-20(28-30(21)16(2)27-29)17-4-7-19(33-3)8-5-17/h4-9,12-13,15H,10-11,14H2,1-3H3,(H,26,31)/t15-/m1/s1. The van der Waals surface area contributed by atoms with Crippen molar-refractivity contribution >= 4 is 11.4 Å². The number of benzene rings is 2. The zero-order chi connectivity index (χ0) is 24.5. The molecule has 10 nitrogen and oxygen atoms in total. The second-order valence-corrected chi connectivity index (χ2v) is 8.26. The lowest BCUT2D eigenvalue weighted by Crippen LogP contribution is -2.36. The number of hydrogen-bond acceptors (Lipinski definition) is 7. The quantitative estimate of drug-likeness (QED) is 0.456. The van der Waals surface area contributed by atoms with Crippen LogP contribution in [0.2, 0.25) is 0 Å². The Labute approximate surface area is 201 Å². The fourth-order valence-corrected chi connectivity index (χ4v) is 4.02. The van der Waals surface area contributed by atoms with E-state index in [1.165, 1.54) is 4.52 Å². The van der Waals surface area contributed by atoms with Crippen LogP contribution in [0.3, 0.4) is 0 Å². The van der Waals surface area contributed by atoms with Crippen molar-refractivity contribution in [2.24, 2.45) is 0 Å². The van der Waals surface area contributed by atoms with Gasteiger partial charge in [0, 0.05) is 5.56 Å². The SMILES string of the molecule is COc1ccc(-c2cc3c(=O)n(CC(=O)N[C@H](C)c4ccc5c(c4)OCCO5)nc(C)n3n2)cc1. The molecular formula is C25H25N5O5. The molecule has 0 aliphatic carbocycles. The van der Waals surface area contributed by atoms with E-state index in [4.69, 9.17) is 14.2 Å². The maximum absolute atomic E-state index is 13.1. The van der Waals surface area contributed by atoms with E-state index in [1.807, 2.05) is 49.4 Å². The predicted octanol–water partition coefficient (Wildman–Crippen LogP) is 2.52. The molecule has 1 amide bonds. The first kappa shape index (κ1) is 22.5. The molecule has 0 bridgehead atoms. The van der Waals surface area contributed by atoms with Gasteiger partial charge in [0.15, 0.2) is 11.5 Å². The number of hydrogen-bond donors (Lipinski definition) is 1. The molecule has 1 aliphatic rings. The first-order valence-corrected chi connectivity index (χ1v) is 11.2. The summed E-state index contributed by atoms with van der Waals surface area (Å²) < 4.78 is 19.0. The van der Waals surface area contributed by atoms with Gasteiger partial charge in [-0.15, -0.1) is 0 Å². The van der Waals surface area contributed by atoms with E-state index < -0.39 is 5.56 Å². The van der Waals surface area contributed by atoms with Gasteiger partial charge in [-0.2, -0.15) is 10.2 Å². The maximum Gasteiger partial charge on any atom is 0.293 e. The molecule has 2 aromatic carbocycles. The van der Waals surface area contributed by atoms with Crippen LogP contribution < -0.4 is 25.1 Å². The number of amides is 1. The summed E-state index contributed by atoms with van der Waals surface area (Å²) >= 11 is 0. The minimum absolute atomic E-state index is 0.214. The van der Waals surface area contributed by atoms with Gasteiger partial charge in [0.25, 0.3) is 5.56 Å². The van der Waals surface area contributed by atoms with Gasteiger partial charge in [0.05, 0.1) is 18.8 Å². The van der Waals surface area contributed by atoms with Crippen LogP contribution in [-0.4, -0.2) is 45.6 Å². The van der Waals surface area contributed by atoms with E-state index in [2.05, 4.69) is 15.5 Å². The molecule has 10 heteroatoms. The van der Waals surface area contributed by atoms with Crippen molar-refractivity contribution in [1.29, 1.82) is 0 Å². The normalized spacial score (nSPS) is 13.5. The molecule has 4 aromatic rings. The van der Waals surface area contributed by atoms with Crippen molar-refractivity contribution in [3.63, 3.8) is 0 Å². The summed E-state index contributed by atoms with van der Waals surface area (Å²) in [4.78, 5) is 25.9. The fraction of sp³-hybridized carbons (Fsp3) is 0.280. The molecule has 3 heterocycles. The Balaban J connectivity index is 1.35. The van der Waals surface area contributed by atoms with Crippen molar-refractivity contribution < 1.29 is 19.0 Å². The summed E-state index contributed by atoms with van der Waals surface area (Å²) in [7, 11) is 1.60. The lowest BCUT2D eigenvalue weighted by molar-refractivity contribution is -0.122. The van der Waals surface area contributed by atoms with Crippen LogP contribution >= 0.6 is 0 Å². The molecular weight excluding hydrogens is 450 g/mol. The molecule has 0 fully saturated rings. The lowest BCUT2D eigenvalue weighted by atomic mass is 10.1. The zero-order valence-electron chi connectivity index (χ0n) is 19.6. The summed E-state index contributed by atoms with van der Waals surface area (Å²) in [6, 6.07) is 14.4. The molecule has 0 radical (unpaired) electrons. The van der Waals surface area contributed by atoms with Crippen LogP contribution in [0.15, 0.2) is 53.3 Å². The average Bonchev–Trinajstić information content (AvgIpc) is 3.33. The molecule has 0 saturated heterocycles. The number of ether oxygens (including phenoxy) is 3. The summed E-state index contributed by atoms with van der Waals surface area (Å²) in [6.45, 7) is 4.40. The molecule has 2 aromatic heterocycles. The molecule has 180 valence electrons. The summed E-state index contributed by atoms with van der Waals surface area (Å²) in [5.74, 6) is 2.23. The number of carbonyl (C=O) groups is 1. The van der Waals surface area contributed by atoms with Gasteiger partial charge in [0.2, 0.25) is 5.91 Å². The van der Waals surface area contributed by atoms with Crippen LogP contribution in [0.5, 0.6) is 17.2 Å². The smallest absolute Gasteiger partial charge is 0.293 e. The third-order valence-electron chi connectivity index (χ3n) is 5.86. The Morgan fingerprint density at radius 1 is 1.09 bits per heavy atom. The largest absolute Gasteiger partial charge is 0.497 e. The number of carbonyl (C=O) groups excluding carboxylic acids is 1. The number of aromatic nitrogens is 4. The topological polar surface area (TPSA) is 109 Å². The first-order valence-electron chi connectivity index (χ1n) is 11.2. The van der Waals surface area contributed by atoms with Crippen molar-refractivity contribution in [3.8, 4) is 28.5 Å². The molecule has 0 spiro atoms. The van der Waals surface area contributed by atoms with Crippen LogP contribution in [0.1, 0.15) is 24.4 Å². The lowest BCUT2D eigenvalue weighted by Gasteiger charge is -2.21.